The molecule has 0 radical (unpaired) electrons. The summed E-state index contributed by atoms with van der Waals surface area (Å²) >= 11 is 11.9. The summed E-state index contributed by atoms with van der Waals surface area (Å²) < 4.78 is 5.58. The predicted octanol–water partition coefficient (Wildman–Crippen LogP) is 3.39. The fourth-order valence-corrected chi connectivity index (χ4v) is 2.66. The molecule has 1 aromatic carbocycles. The molecule has 2 rings (SSSR count). The lowest BCUT2D eigenvalue weighted by Gasteiger charge is -2.32. The van der Waals surface area contributed by atoms with Crippen molar-refractivity contribution in [3.8, 4) is 5.75 Å². The van der Waals surface area contributed by atoms with Crippen molar-refractivity contribution >= 4 is 41.5 Å². The van der Waals surface area contributed by atoms with Crippen LogP contribution in [0.5, 0.6) is 5.75 Å². The maximum Gasteiger partial charge on any atom is 0.222 e. The van der Waals surface area contributed by atoms with Gasteiger partial charge in [0.1, 0.15) is 10.8 Å². The van der Waals surface area contributed by atoms with Crippen molar-refractivity contribution in [1.82, 2.24) is 10.2 Å². The number of amides is 1. The molecule has 124 valence electrons. The van der Waals surface area contributed by atoms with Gasteiger partial charge in [-0.15, -0.1) is 12.4 Å². The molecule has 1 aromatic rings. The van der Waals surface area contributed by atoms with E-state index in [0.29, 0.717) is 41.3 Å². The van der Waals surface area contributed by atoms with Gasteiger partial charge in [0.05, 0.1) is 11.6 Å². The van der Waals surface area contributed by atoms with Gasteiger partial charge in [0.25, 0.3) is 0 Å². The van der Waals surface area contributed by atoms with Crippen LogP contribution in [-0.2, 0) is 4.79 Å². The van der Waals surface area contributed by atoms with Crippen molar-refractivity contribution in [3.63, 3.8) is 0 Å². The smallest absolute Gasteiger partial charge is 0.222 e. The van der Waals surface area contributed by atoms with E-state index in [0.717, 1.165) is 19.6 Å². The van der Waals surface area contributed by atoms with Gasteiger partial charge < -0.3 is 15.0 Å². The summed E-state index contributed by atoms with van der Waals surface area (Å²) in [4.78, 5) is 14.0. The van der Waals surface area contributed by atoms with E-state index in [1.54, 1.807) is 18.2 Å². The summed E-state index contributed by atoms with van der Waals surface area (Å²) in [5, 5.41) is 4.21. The van der Waals surface area contributed by atoms with Crippen molar-refractivity contribution < 1.29 is 9.53 Å². The Bertz CT molecular complexity index is 500. The Morgan fingerprint density at radius 3 is 2.95 bits per heavy atom. The van der Waals surface area contributed by atoms with E-state index in [9.17, 15) is 4.79 Å². The van der Waals surface area contributed by atoms with Crippen molar-refractivity contribution in [2.45, 2.75) is 25.8 Å². The number of piperazine rings is 1. The number of nitrogens with one attached hydrogen (secondary N) is 1. The molecule has 1 saturated heterocycles. The standard InChI is InChI=1S/C15H20Cl2N2O2.ClH/c1-11-10-19(8-7-18-11)14(20)6-3-9-21-13-5-2-4-12(16)15(13)17;/h2,4-5,11,18H,3,6-10H2,1H3;1H. The third-order valence-corrected chi connectivity index (χ3v) is 4.23. The molecule has 1 unspecified atom stereocenters. The van der Waals surface area contributed by atoms with Gasteiger partial charge in [0.2, 0.25) is 5.91 Å². The zero-order chi connectivity index (χ0) is 15.2. The molecule has 0 saturated carbocycles. The number of rotatable bonds is 5. The van der Waals surface area contributed by atoms with Gasteiger partial charge in [-0.25, -0.2) is 0 Å². The van der Waals surface area contributed by atoms with Crippen LogP contribution in [0.3, 0.4) is 0 Å². The molecule has 1 fully saturated rings. The molecule has 0 spiro atoms. The molecule has 22 heavy (non-hydrogen) atoms. The van der Waals surface area contributed by atoms with Crippen LogP contribution in [0.25, 0.3) is 0 Å². The summed E-state index contributed by atoms with van der Waals surface area (Å²) in [5.41, 5.74) is 0. The van der Waals surface area contributed by atoms with Crippen LogP contribution in [0.15, 0.2) is 18.2 Å². The SMILES string of the molecule is CC1CN(C(=O)CCCOc2cccc(Cl)c2Cl)CCN1.Cl. The number of carbonyl (C=O) groups is 1. The third kappa shape index (κ3) is 5.51. The first-order valence-electron chi connectivity index (χ1n) is 7.16. The molecule has 1 N–H and O–H groups in total. The Morgan fingerprint density at radius 2 is 2.23 bits per heavy atom. The summed E-state index contributed by atoms with van der Waals surface area (Å²) in [6, 6.07) is 5.64. The Labute approximate surface area is 147 Å². The zero-order valence-corrected chi connectivity index (χ0v) is 14.8. The van der Waals surface area contributed by atoms with E-state index >= 15 is 0 Å². The highest BCUT2D eigenvalue weighted by atomic mass is 35.5. The minimum Gasteiger partial charge on any atom is -0.492 e. The third-order valence-electron chi connectivity index (χ3n) is 3.43. The first kappa shape index (κ1) is 19.4. The van der Waals surface area contributed by atoms with Crippen LogP contribution in [-0.4, -0.2) is 43.1 Å². The Balaban J connectivity index is 0.00000242. The lowest BCUT2D eigenvalue weighted by atomic mass is 10.2. The largest absolute Gasteiger partial charge is 0.492 e. The van der Waals surface area contributed by atoms with Gasteiger partial charge in [-0.3, -0.25) is 4.79 Å². The Kier molecular flexibility index (Phi) is 8.33. The highest BCUT2D eigenvalue weighted by Crippen LogP contribution is 2.31. The predicted molar refractivity (Wildman–Crippen MR) is 92.5 cm³/mol. The molecule has 0 aromatic heterocycles. The molecule has 7 heteroatoms. The molecule has 1 aliphatic rings. The van der Waals surface area contributed by atoms with E-state index in [-0.39, 0.29) is 18.3 Å². The van der Waals surface area contributed by atoms with E-state index < -0.39 is 0 Å². The van der Waals surface area contributed by atoms with Gasteiger partial charge in [0, 0.05) is 32.1 Å². The fourth-order valence-electron chi connectivity index (χ4n) is 2.32. The van der Waals surface area contributed by atoms with Crippen LogP contribution in [0.4, 0.5) is 0 Å². The van der Waals surface area contributed by atoms with Crippen LogP contribution >= 0.6 is 35.6 Å². The van der Waals surface area contributed by atoms with Gasteiger partial charge in [0.15, 0.2) is 0 Å². The van der Waals surface area contributed by atoms with Gasteiger partial charge in [-0.05, 0) is 25.5 Å². The summed E-state index contributed by atoms with van der Waals surface area (Å²) in [6.45, 7) is 4.96. The second-order valence-corrected chi connectivity index (χ2v) is 5.98. The van der Waals surface area contributed by atoms with Crippen molar-refractivity contribution in [2.75, 3.05) is 26.2 Å². The molecule has 1 amide bonds. The van der Waals surface area contributed by atoms with E-state index in [2.05, 4.69) is 12.2 Å². The highest BCUT2D eigenvalue weighted by Gasteiger charge is 2.19. The molecule has 1 heterocycles. The quantitative estimate of drug-likeness (QED) is 0.811. The normalized spacial score (nSPS) is 17.8. The van der Waals surface area contributed by atoms with Crippen molar-refractivity contribution in [2.24, 2.45) is 0 Å². The van der Waals surface area contributed by atoms with Crippen molar-refractivity contribution in [3.05, 3.63) is 28.2 Å². The molecular formula is C15H21Cl3N2O2. The Hall–Kier alpha value is -0.680. The lowest BCUT2D eigenvalue weighted by molar-refractivity contribution is -0.132. The molecule has 4 nitrogen and oxygen atoms in total. The minimum absolute atomic E-state index is 0. The molecule has 1 aliphatic heterocycles. The highest BCUT2D eigenvalue weighted by molar-refractivity contribution is 6.42. The topological polar surface area (TPSA) is 41.6 Å². The minimum atomic E-state index is 0. The average Bonchev–Trinajstić information content (AvgIpc) is 2.47. The maximum atomic E-state index is 12.1. The molecule has 0 aliphatic carbocycles. The van der Waals surface area contributed by atoms with Crippen molar-refractivity contribution in [1.29, 1.82) is 0 Å². The fraction of sp³-hybridized carbons (Fsp3) is 0.533. The number of ether oxygens (including phenoxy) is 1. The number of hydrogen-bond acceptors (Lipinski definition) is 3. The zero-order valence-electron chi connectivity index (χ0n) is 12.5. The lowest BCUT2D eigenvalue weighted by Crippen LogP contribution is -2.51. The van der Waals surface area contributed by atoms with Gasteiger partial charge in [-0.1, -0.05) is 29.3 Å². The number of nitrogens with zero attached hydrogens (tertiary/aromatic N) is 1. The second kappa shape index (κ2) is 9.46. The first-order valence-corrected chi connectivity index (χ1v) is 7.91. The van der Waals surface area contributed by atoms with Gasteiger partial charge >= 0.3 is 0 Å². The number of halogens is 3. The number of hydrogen-bond donors (Lipinski definition) is 1. The summed E-state index contributed by atoms with van der Waals surface area (Å²) in [6.07, 6.45) is 1.16. The van der Waals surface area contributed by atoms with Gasteiger partial charge in [-0.2, -0.15) is 0 Å². The maximum absolute atomic E-state index is 12.1. The molecule has 1 atom stereocenters. The molecular weight excluding hydrogens is 347 g/mol. The average molecular weight is 368 g/mol. The monoisotopic (exact) mass is 366 g/mol. The van der Waals surface area contributed by atoms with Crippen LogP contribution < -0.4 is 10.1 Å². The first-order chi connectivity index (χ1) is 10.1. The van der Waals surface area contributed by atoms with E-state index in [1.807, 2.05) is 4.90 Å². The van der Waals surface area contributed by atoms with Crippen LogP contribution in [0, 0.1) is 0 Å². The summed E-state index contributed by atoms with van der Waals surface area (Å²) in [7, 11) is 0. The number of benzene rings is 1. The van der Waals surface area contributed by atoms with E-state index in [1.165, 1.54) is 0 Å². The second-order valence-electron chi connectivity index (χ2n) is 5.20. The summed E-state index contributed by atoms with van der Waals surface area (Å²) in [5.74, 6) is 0.747. The van der Waals surface area contributed by atoms with E-state index in [4.69, 9.17) is 27.9 Å². The molecule has 0 bridgehead atoms. The number of carbonyl (C=O) groups excluding carboxylic acids is 1. The van der Waals surface area contributed by atoms with Crippen LogP contribution in [0.2, 0.25) is 10.0 Å². The van der Waals surface area contributed by atoms with Crippen LogP contribution in [0.1, 0.15) is 19.8 Å². The Morgan fingerprint density at radius 1 is 1.45 bits per heavy atom.